The van der Waals surface area contributed by atoms with Crippen LogP contribution in [0.1, 0.15) is 23.1 Å². The summed E-state index contributed by atoms with van der Waals surface area (Å²) >= 11 is 0. The molecule has 0 spiro atoms. The fraction of sp³-hybridized carbons (Fsp3) is 0.207. The number of carbonyl (C=O) groups excluding carboxylic acids is 1. The summed E-state index contributed by atoms with van der Waals surface area (Å²) in [6.45, 7) is 0.440. The van der Waals surface area contributed by atoms with Crippen molar-refractivity contribution in [3.05, 3.63) is 131 Å². The molecule has 0 heterocycles. The maximum atomic E-state index is 11.7. The number of hydrogen-bond acceptors (Lipinski definition) is 2. The van der Waals surface area contributed by atoms with Crippen LogP contribution < -0.4 is 0 Å². The molecule has 3 aromatic rings. The maximum Gasteiger partial charge on any atom is 0.144 e. The first-order valence-corrected chi connectivity index (χ1v) is 11.0. The lowest BCUT2D eigenvalue weighted by atomic mass is 9.80. The van der Waals surface area contributed by atoms with Crippen molar-refractivity contribution in [3.8, 4) is 0 Å². The number of fused-ring (bicyclic) bond motifs is 2. The second-order valence-corrected chi connectivity index (χ2v) is 8.35. The van der Waals surface area contributed by atoms with Crippen molar-refractivity contribution < 1.29 is 9.53 Å². The van der Waals surface area contributed by atoms with Gasteiger partial charge in [0.05, 0.1) is 6.61 Å². The van der Waals surface area contributed by atoms with Crippen molar-refractivity contribution >= 4 is 6.29 Å². The molecule has 2 aliphatic carbocycles. The van der Waals surface area contributed by atoms with Crippen LogP contribution in [0.25, 0.3) is 0 Å². The van der Waals surface area contributed by atoms with E-state index >= 15 is 0 Å². The average molecular weight is 407 g/mol. The number of allylic oxidation sites excluding steroid dienone is 3. The quantitative estimate of drug-likeness (QED) is 0.276. The van der Waals surface area contributed by atoms with E-state index in [2.05, 4.69) is 91.0 Å². The predicted molar refractivity (Wildman–Crippen MR) is 124 cm³/mol. The van der Waals surface area contributed by atoms with E-state index in [1.807, 2.05) is 18.2 Å². The summed E-state index contributed by atoms with van der Waals surface area (Å²) < 4.78 is 6.83. The highest BCUT2D eigenvalue weighted by molar-refractivity contribution is 5.63. The number of rotatable bonds is 7. The molecule has 2 nitrogen and oxygen atoms in total. The second kappa shape index (κ2) is 8.49. The summed E-state index contributed by atoms with van der Waals surface area (Å²) in [7, 11) is 0. The molecule has 5 rings (SSSR count). The minimum Gasteiger partial charge on any atom is -0.357 e. The molecule has 0 radical (unpaired) electrons. The first kappa shape index (κ1) is 19.7. The lowest BCUT2D eigenvalue weighted by Gasteiger charge is -2.35. The fourth-order valence-electron chi connectivity index (χ4n) is 5.23. The smallest absolute Gasteiger partial charge is 0.144 e. The molecule has 154 valence electrons. The standard InChI is InChI=1S/C29H26O2/c30-21-28-23-17-16-22(20-23)27(28)18-19-31-29(24-10-4-1-5-11-24,25-12-6-2-7-13-25)26-14-8-3-9-15-26/h1-18,21-23,28H,19-20H2/b27-18-/t22-,23+,28+/m1/s1. The van der Waals surface area contributed by atoms with Gasteiger partial charge in [-0.25, -0.2) is 0 Å². The molecule has 0 amide bonds. The van der Waals surface area contributed by atoms with Crippen molar-refractivity contribution in [1.82, 2.24) is 0 Å². The molecule has 2 heteroatoms. The summed E-state index contributed by atoms with van der Waals surface area (Å²) in [5, 5.41) is 0. The third-order valence-electron chi connectivity index (χ3n) is 6.70. The van der Waals surface area contributed by atoms with Gasteiger partial charge in [0.2, 0.25) is 0 Å². The van der Waals surface area contributed by atoms with Crippen molar-refractivity contribution in [2.75, 3.05) is 6.61 Å². The van der Waals surface area contributed by atoms with E-state index < -0.39 is 5.60 Å². The molecular formula is C29H26O2. The molecule has 3 aromatic carbocycles. The fourth-order valence-corrected chi connectivity index (χ4v) is 5.23. The van der Waals surface area contributed by atoms with Crippen molar-refractivity contribution in [3.63, 3.8) is 0 Å². The Morgan fingerprint density at radius 1 is 0.774 bits per heavy atom. The third kappa shape index (κ3) is 3.47. The molecule has 3 atom stereocenters. The summed E-state index contributed by atoms with van der Waals surface area (Å²) in [6, 6.07) is 31.2. The van der Waals surface area contributed by atoms with Gasteiger partial charge < -0.3 is 9.53 Å². The zero-order chi connectivity index (χ0) is 21.1. The molecule has 2 aliphatic rings. The minimum atomic E-state index is -0.731. The van der Waals surface area contributed by atoms with Gasteiger partial charge in [-0.15, -0.1) is 0 Å². The Balaban J connectivity index is 1.58. The Hall–Kier alpha value is -3.23. The van der Waals surface area contributed by atoms with E-state index in [4.69, 9.17) is 4.74 Å². The van der Waals surface area contributed by atoms with Gasteiger partial charge in [0.25, 0.3) is 0 Å². The Labute approximate surface area is 183 Å². The van der Waals surface area contributed by atoms with Gasteiger partial charge in [0, 0.05) is 5.92 Å². The van der Waals surface area contributed by atoms with E-state index in [-0.39, 0.29) is 5.92 Å². The molecule has 31 heavy (non-hydrogen) atoms. The topological polar surface area (TPSA) is 26.3 Å². The molecule has 0 aliphatic heterocycles. The Kier molecular flexibility index (Phi) is 5.40. The molecule has 2 bridgehead atoms. The van der Waals surface area contributed by atoms with Gasteiger partial charge in [0.15, 0.2) is 0 Å². The van der Waals surface area contributed by atoms with Crippen LogP contribution in [0, 0.1) is 17.8 Å². The molecule has 1 fully saturated rings. The van der Waals surface area contributed by atoms with Crippen LogP contribution in [-0.2, 0) is 15.1 Å². The first-order chi connectivity index (χ1) is 15.3. The highest BCUT2D eigenvalue weighted by Crippen LogP contribution is 2.47. The highest BCUT2D eigenvalue weighted by atomic mass is 16.5. The van der Waals surface area contributed by atoms with Crippen LogP contribution in [0.5, 0.6) is 0 Å². The van der Waals surface area contributed by atoms with E-state index in [0.29, 0.717) is 18.4 Å². The van der Waals surface area contributed by atoms with Crippen molar-refractivity contribution in [2.45, 2.75) is 12.0 Å². The van der Waals surface area contributed by atoms with E-state index in [1.54, 1.807) is 0 Å². The average Bonchev–Trinajstić information content (AvgIpc) is 3.45. The van der Waals surface area contributed by atoms with Crippen molar-refractivity contribution in [1.29, 1.82) is 0 Å². The largest absolute Gasteiger partial charge is 0.357 e. The van der Waals surface area contributed by atoms with Gasteiger partial charge in [-0.05, 0) is 34.9 Å². The van der Waals surface area contributed by atoms with Crippen LogP contribution >= 0.6 is 0 Å². The molecule has 0 N–H and O–H groups in total. The van der Waals surface area contributed by atoms with Gasteiger partial charge in [-0.3, -0.25) is 0 Å². The number of ether oxygens (including phenoxy) is 1. The van der Waals surface area contributed by atoms with Gasteiger partial charge >= 0.3 is 0 Å². The van der Waals surface area contributed by atoms with Gasteiger partial charge in [-0.2, -0.15) is 0 Å². The van der Waals surface area contributed by atoms with E-state index in [9.17, 15) is 4.79 Å². The molecule has 0 saturated heterocycles. The Morgan fingerprint density at radius 2 is 1.29 bits per heavy atom. The summed E-state index contributed by atoms with van der Waals surface area (Å²) in [5.74, 6) is 0.734. The Bertz CT molecular complexity index is 987. The third-order valence-corrected chi connectivity index (χ3v) is 6.70. The van der Waals surface area contributed by atoms with E-state index in [1.165, 1.54) is 5.57 Å². The normalized spacial score (nSPS) is 23.4. The number of benzene rings is 3. The van der Waals surface area contributed by atoms with Crippen LogP contribution in [0.2, 0.25) is 0 Å². The predicted octanol–water partition coefficient (Wildman–Crippen LogP) is 5.94. The molecule has 0 aromatic heterocycles. The molecular weight excluding hydrogens is 380 g/mol. The van der Waals surface area contributed by atoms with Crippen LogP contribution in [-0.4, -0.2) is 12.9 Å². The summed E-state index contributed by atoms with van der Waals surface area (Å²) in [6.07, 6.45) is 8.76. The number of hydrogen-bond donors (Lipinski definition) is 0. The van der Waals surface area contributed by atoms with Crippen LogP contribution in [0.3, 0.4) is 0 Å². The number of carbonyl (C=O) groups is 1. The van der Waals surface area contributed by atoms with Crippen LogP contribution in [0.15, 0.2) is 115 Å². The van der Waals surface area contributed by atoms with Crippen LogP contribution in [0.4, 0.5) is 0 Å². The zero-order valence-electron chi connectivity index (χ0n) is 17.4. The van der Waals surface area contributed by atoms with Gasteiger partial charge in [0.1, 0.15) is 11.9 Å². The Morgan fingerprint density at radius 3 is 1.77 bits per heavy atom. The summed E-state index contributed by atoms with van der Waals surface area (Å²) in [4.78, 5) is 11.7. The summed E-state index contributed by atoms with van der Waals surface area (Å²) in [5.41, 5.74) is 3.75. The highest BCUT2D eigenvalue weighted by Gasteiger charge is 2.41. The lowest BCUT2D eigenvalue weighted by molar-refractivity contribution is -0.110. The first-order valence-electron chi connectivity index (χ1n) is 11.0. The minimum absolute atomic E-state index is 0.00169. The lowest BCUT2D eigenvalue weighted by Crippen LogP contribution is -2.33. The number of aldehydes is 1. The maximum absolute atomic E-state index is 11.7. The monoisotopic (exact) mass is 406 g/mol. The molecule has 0 unspecified atom stereocenters. The molecule has 1 saturated carbocycles. The van der Waals surface area contributed by atoms with E-state index in [0.717, 1.165) is 29.4 Å². The SMILES string of the molecule is O=C[C@@H]1/C(=C\COC(c2ccccc2)(c2ccccc2)c2ccccc2)[C@@H]2C=C[C@H]1C2. The zero-order valence-corrected chi connectivity index (χ0v) is 17.4. The van der Waals surface area contributed by atoms with Gasteiger partial charge in [-0.1, -0.05) is 115 Å². The second-order valence-electron chi connectivity index (χ2n) is 8.35. The van der Waals surface area contributed by atoms with Crippen molar-refractivity contribution in [2.24, 2.45) is 17.8 Å².